The van der Waals surface area contributed by atoms with Gasteiger partial charge in [0.05, 0.1) is 0 Å². The van der Waals surface area contributed by atoms with E-state index in [4.69, 9.17) is 0 Å². The minimum Gasteiger partial charge on any atom is -0.316 e. The van der Waals surface area contributed by atoms with E-state index in [1.54, 1.807) is 10.4 Å². The summed E-state index contributed by atoms with van der Waals surface area (Å²) in [7, 11) is 0. The summed E-state index contributed by atoms with van der Waals surface area (Å²) in [5.74, 6) is 0. The van der Waals surface area contributed by atoms with E-state index in [1.165, 1.54) is 27.6 Å². The van der Waals surface area contributed by atoms with Gasteiger partial charge in [-0.2, -0.15) is 0 Å². The van der Waals surface area contributed by atoms with E-state index >= 15 is 0 Å². The van der Waals surface area contributed by atoms with Crippen LogP contribution >= 0.6 is 11.3 Å². The van der Waals surface area contributed by atoms with E-state index in [1.807, 2.05) is 11.3 Å². The molecule has 1 aromatic heterocycles. The van der Waals surface area contributed by atoms with Gasteiger partial charge >= 0.3 is 0 Å². The largest absolute Gasteiger partial charge is 0.316 e. The summed E-state index contributed by atoms with van der Waals surface area (Å²) in [5, 5.41) is 6.17. The summed E-state index contributed by atoms with van der Waals surface area (Å²) < 4.78 is 0. The highest BCUT2D eigenvalue weighted by Gasteiger charge is 2.14. The van der Waals surface area contributed by atoms with E-state index < -0.39 is 0 Å². The van der Waals surface area contributed by atoms with Crippen LogP contribution < -0.4 is 5.32 Å². The lowest BCUT2D eigenvalue weighted by atomic mass is 10.0. The number of fused-ring (bicyclic) bond motifs is 2. The zero-order valence-electron chi connectivity index (χ0n) is 11.4. The Morgan fingerprint density at radius 1 is 0.900 bits per heavy atom. The first-order valence-corrected chi connectivity index (χ1v) is 8.04. The minimum absolute atomic E-state index is 1.11. The highest BCUT2D eigenvalue weighted by Crippen LogP contribution is 2.36. The zero-order chi connectivity index (χ0) is 13.4. The molecule has 0 amide bonds. The van der Waals surface area contributed by atoms with Crippen LogP contribution in [0.2, 0.25) is 0 Å². The number of benzene rings is 2. The lowest BCUT2D eigenvalue weighted by molar-refractivity contribution is 0.712. The molecule has 1 aliphatic heterocycles. The van der Waals surface area contributed by atoms with Crippen molar-refractivity contribution in [1.82, 2.24) is 5.32 Å². The lowest BCUT2D eigenvalue weighted by Gasteiger charge is -2.04. The number of hydrogen-bond donors (Lipinski definition) is 1. The van der Waals surface area contributed by atoms with Crippen molar-refractivity contribution in [3.05, 3.63) is 59.0 Å². The monoisotopic (exact) mass is 279 g/mol. The van der Waals surface area contributed by atoms with Gasteiger partial charge in [0.15, 0.2) is 0 Å². The lowest BCUT2D eigenvalue weighted by Crippen LogP contribution is -2.16. The van der Waals surface area contributed by atoms with Crippen molar-refractivity contribution in [2.24, 2.45) is 0 Å². The summed E-state index contributed by atoms with van der Waals surface area (Å²) in [6, 6.07) is 17.7. The molecule has 2 heteroatoms. The zero-order valence-corrected chi connectivity index (χ0v) is 12.2. The fourth-order valence-corrected chi connectivity index (χ4v) is 4.26. The topological polar surface area (TPSA) is 12.0 Å². The molecule has 0 atom stereocenters. The molecule has 0 unspecified atom stereocenters. The molecule has 0 aliphatic carbocycles. The van der Waals surface area contributed by atoms with Crippen LogP contribution in [0.3, 0.4) is 0 Å². The average molecular weight is 279 g/mol. The summed E-state index contributed by atoms with van der Waals surface area (Å²) >= 11 is 1.98. The van der Waals surface area contributed by atoms with E-state index in [9.17, 15) is 0 Å². The maximum Gasteiger partial charge on any atom is 0.0354 e. The van der Waals surface area contributed by atoms with Gasteiger partial charge in [0.2, 0.25) is 0 Å². The van der Waals surface area contributed by atoms with Gasteiger partial charge in [-0.15, -0.1) is 11.3 Å². The van der Waals surface area contributed by atoms with Gasteiger partial charge in [-0.05, 0) is 53.9 Å². The molecule has 1 nitrogen and oxygen atoms in total. The van der Waals surface area contributed by atoms with Crippen LogP contribution in [0.25, 0.3) is 21.2 Å². The number of nitrogens with one attached hydrogen (secondary N) is 1. The van der Waals surface area contributed by atoms with Crippen molar-refractivity contribution >= 4 is 22.1 Å². The van der Waals surface area contributed by atoms with Crippen LogP contribution in [0.15, 0.2) is 48.5 Å². The molecule has 2 aromatic carbocycles. The summed E-state index contributed by atoms with van der Waals surface area (Å²) in [6.45, 7) is 2.22. The van der Waals surface area contributed by atoms with Crippen molar-refractivity contribution < 1.29 is 0 Å². The molecular formula is C18H17NS. The first-order chi connectivity index (χ1) is 9.92. The van der Waals surface area contributed by atoms with E-state index in [0.717, 1.165) is 19.5 Å². The first-order valence-electron chi connectivity index (χ1n) is 7.22. The third-order valence-electron chi connectivity index (χ3n) is 4.05. The average Bonchev–Trinajstić information content (AvgIpc) is 2.77. The Hall–Kier alpha value is -1.64. The minimum atomic E-state index is 1.11. The second kappa shape index (κ2) is 5.04. The van der Waals surface area contributed by atoms with Crippen LogP contribution in [0, 0.1) is 0 Å². The fraction of sp³-hybridized carbons (Fsp3) is 0.222. The number of hydrogen-bond acceptors (Lipinski definition) is 2. The van der Waals surface area contributed by atoms with Crippen LogP contribution in [-0.2, 0) is 12.8 Å². The molecule has 3 aromatic rings. The quantitative estimate of drug-likeness (QED) is 0.702. The maximum absolute atomic E-state index is 3.48. The Kier molecular flexibility index (Phi) is 3.06. The summed E-state index contributed by atoms with van der Waals surface area (Å²) in [5.41, 5.74) is 2.93. The molecule has 0 bridgehead atoms. The SMILES string of the molecule is c1ccc2c(-c3cc4c(s3)CCNCC4)cccc2c1. The van der Waals surface area contributed by atoms with Crippen molar-refractivity contribution in [3.63, 3.8) is 0 Å². The Bertz CT molecular complexity index is 728. The smallest absolute Gasteiger partial charge is 0.0354 e. The van der Waals surface area contributed by atoms with Crippen LogP contribution in [-0.4, -0.2) is 13.1 Å². The first kappa shape index (κ1) is 12.1. The Morgan fingerprint density at radius 3 is 2.75 bits per heavy atom. The maximum atomic E-state index is 3.48. The molecule has 0 radical (unpaired) electrons. The molecule has 2 heterocycles. The molecule has 1 N–H and O–H groups in total. The second-order valence-corrected chi connectivity index (χ2v) is 6.47. The van der Waals surface area contributed by atoms with Gasteiger partial charge in [0, 0.05) is 9.75 Å². The third-order valence-corrected chi connectivity index (χ3v) is 5.32. The number of thiophene rings is 1. The van der Waals surface area contributed by atoms with Crippen LogP contribution in [0.1, 0.15) is 10.4 Å². The van der Waals surface area contributed by atoms with E-state index in [0.29, 0.717) is 0 Å². The van der Waals surface area contributed by atoms with Crippen molar-refractivity contribution in [2.45, 2.75) is 12.8 Å². The van der Waals surface area contributed by atoms with Gasteiger partial charge in [-0.1, -0.05) is 42.5 Å². The second-order valence-electron chi connectivity index (χ2n) is 5.34. The van der Waals surface area contributed by atoms with Crippen molar-refractivity contribution in [1.29, 1.82) is 0 Å². The van der Waals surface area contributed by atoms with Gasteiger partial charge in [0.1, 0.15) is 0 Å². The van der Waals surface area contributed by atoms with Gasteiger partial charge < -0.3 is 5.32 Å². The van der Waals surface area contributed by atoms with Gasteiger partial charge in [-0.3, -0.25) is 0 Å². The molecule has 1 aliphatic rings. The molecule has 4 rings (SSSR count). The molecule has 0 spiro atoms. The van der Waals surface area contributed by atoms with Gasteiger partial charge in [0.25, 0.3) is 0 Å². The number of rotatable bonds is 1. The van der Waals surface area contributed by atoms with Crippen LogP contribution in [0.5, 0.6) is 0 Å². The normalized spacial score (nSPS) is 15.0. The Labute approximate surface area is 123 Å². The highest BCUT2D eigenvalue weighted by atomic mass is 32.1. The molecule has 0 saturated carbocycles. The molecule has 20 heavy (non-hydrogen) atoms. The van der Waals surface area contributed by atoms with E-state index in [-0.39, 0.29) is 0 Å². The van der Waals surface area contributed by atoms with E-state index in [2.05, 4.69) is 53.8 Å². The fourth-order valence-electron chi connectivity index (χ4n) is 3.01. The Balaban J connectivity index is 1.87. The predicted molar refractivity (Wildman–Crippen MR) is 87.5 cm³/mol. The third kappa shape index (κ3) is 2.05. The molecule has 0 fully saturated rings. The molecule has 100 valence electrons. The molecule has 0 saturated heterocycles. The standard InChI is InChI=1S/C18H17NS/c1-2-6-15-13(4-1)5-3-7-16(15)18-12-14-8-10-19-11-9-17(14)20-18/h1-7,12,19H,8-11H2. The van der Waals surface area contributed by atoms with Crippen LogP contribution in [0.4, 0.5) is 0 Å². The van der Waals surface area contributed by atoms with Crippen molar-refractivity contribution in [2.75, 3.05) is 13.1 Å². The summed E-state index contributed by atoms with van der Waals surface area (Å²) in [6.07, 6.45) is 2.33. The van der Waals surface area contributed by atoms with Crippen molar-refractivity contribution in [3.8, 4) is 10.4 Å². The molecular weight excluding hydrogens is 262 g/mol. The Morgan fingerprint density at radius 2 is 1.75 bits per heavy atom. The summed E-state index contributed by atoms with van der Waals surface area (Å²) in [4.78, 5) is 2.99. The highest BCUT2D eigenvalue weighted by molar-refractivity contribution is 7.15. The predicted octanol–water partition coefficient (Wildman–Crippen LogP) is 4.26. The van der Waals surface area contributed by atoms with Gasteiger partial charge in [-0.25, -0.2) is 0 Å².